The van der Waals surface area contributed by atoms with Crippen LogP contribution in [0.4, 0.5) is 5.69 Å². The van der Waals surface area contributed by atoms with Crippen molar-refractivity contribution >= 4 is 17.3 Å². The number of nitrogens with zero attached hydrogens (tertiary/aromatic N) is 1. The summed E-state index contributed by atoms with van der Waals surface area (Å²) in [4.78, 5) is 28.0. The molecule has 0 atom stereocenters. The predicted octanol–water partition coefficient (Wildman–Crippen LogP) is 4.41. The minimum absolute atomic E-state index is 0.148. The number of ketones is 2. The number of Topliss-reactive ketones (excluding diaryl/α,β-unsaturated/α-hetero) is 2. The van der Waals surface area contributed by atoms with Crippen LogP contribution in [0.1, 0.15) is 62.8 Å². The average Bonchev–Trinajstić information content (AvgIpc) is 3.22. The van der Waals surface area contributed by atoms with Crippen molar-refractivity contribution in [2.75, 3.05) is 18.0 Å². The third kappa shape index (κ3) is 2.82. The first-order valence-electron chi connectivity index (χ1n) is 10.3. The Morgan fingerprint density at radius 2 is 1.30 bits per heavy atom. The van der Waals surface area contributed by atoms with Crippen LogP contribution in [-0.4, -0.2) is 24.7 Å². The molecule has 4 heteroatoms. The maximum absolute atomic E-state index is 12.8. The van der Waals surface area contributed by atoms with Gasteiger partial charge in [-0.05, 0) is 43.4 Å². The number of allylic oxidation sites excluding steroid dienone is 4. The second-order valence-electron chi connectivity index (χ2n) is 8.05. The molecule has 0 bridgehead atoms. The molecule has 2 aliphatic heterocycles. The number of ether oxygens (including phenoxy) is 1. The maximum Gasteiger partial charge on any atom is 0.163 e. The molecule has 27 heavy (non-hydrogen) atoms. The van der Waals surface area contributed by atoms with Gasteiger partial charge < -0.3 is 9.64 Å². The molecule has 0 aromatic heterocycles. The van der Waals surface area contributed by atoms with E-state index in [1.54, 1.807) is 0 Å². The first-order valence-corrected chi connectivity index (χ1v) is 10.3. The number of hydrogen-bond acceptors (Lipinski definition) is 4. The summed E-state index contributed by atoms with van der Waals surface area (Å²) in [5, 5.41) is 0. The lowest BCUT2D eigenvalue weighted by atomic mass is 9.73. The van der Waals surface area contributed by atoms with Gasteiger partial charge >= 0.3 is 0 Å². The van der Waals surface area contributed by atoms with Gasteiger partial charge in [0.1, 0.15) is 11.5 Å². The summed E-state index contributed by atoms with van der Waals surface area (Å²) in [5.74, 6) is 1.68. The Hall–Kier alpha value is -2.36. The summed E-state index contributed by atoms with van der Waals surface area (Å²) in [5.41, 5.74) is 3.76. The molecule has 0 spiro atoms. The number of rotatable bonds is 2. The molecular weight excluding hydrogens is 338 g/mol. The summed E-state index contributed by atoms with van der Waals surface area (Å²) >= 11 is 0. The van der Waals surface area contributed by atoms with Crippen LogP contribution in [0.25, 0.3) is 0 Å². The monoisotopic (exact) mass is 363 g/mol. The molecule has 4 aliphatic rings. The number of carbonyl (C=O) groups excluding carboxylic acids is 2. The SMILES string of the molecule is O=C1CCCC2=C1C(c1ccc(N3CCCC3)cc1)C1=C(CCCC1=O)O2. The molecule has 1 aromatic carbocycles. The molecule has 0 radical (unpaired) electrons. The Morgan fingerprint density at radius 1 is 0.741 bits per heavy atom. The second kappa shape index (κ2) is 6.66. The van der Waals surface area contributed by atoms with E-state index in [4.69, 9.17) is 4.74 Å². The summed E-state index contributed by atoms with van der Waals surface area (Å²) < 4.78 is 6.10. The van der Waals surface area contributed by atoms with Gasteiger partial charge in [0.2, 0.25) is 0 Å². The highest BCUT2D eigenvalue weighted by atomic mass is 16.5. The van der Waals surface area contributed by atoms with Crippen LogP contribution in [0.15, 0.2) is 46.9 Å². The van der Waals surface area contributed by atoms with Crippen molar-refractivity contribution in [3.8, 4) is 0 Å². The van der Waals surface area contributed by atoms with Crippen molar-refractivity contribution in [3.05, 3.63) is 52.5 Å². The fourth-order valence-corrected chi connectivity index (χ4v) is 5.00. The molecular formula is C23H25NO3. The van der Waals surface area contributed by atoms with Gasteiger partial charge in [0.15, 0.2) is 11.6 Å². The van der Waals surface area contributed by atoms with Crippen LogP contribution in [0.2, 0.25) is 0 Å². The van der Waals surface area contributed by atoms with Gasteiger partial charge in [-0.1, -0.05) is 12.1 Å². The zero-order valence-electron chi connectivity index (χ0n) is 15.6. The lowest BCUT2D eigenvalue weighted by molar-refractivity contribution is -0.117. The number of hydrogen-bond donors (Lipinski definition) is 0. The van der Waals surface area contributed by atoms with Crippen LogP contribution >= 0.6 is 0 Å². The van der Waals surface area contributed by atoms with Crippen molar-refractivity contribution in [1.82, 2.24) is 0 Å². The van der Waals surface area contributed by atoms with E-state index in [0.29, 0.717) is 12.8 Å². The predicted molar refractivity (Wildman–Crippen MR) is 103 cm³/mol. The van der Waals surface area contributed by atoms with Crippen molar-refractivity contribution in [3.63, 3.8) is 0 Å². The van der Waals surface area contributed by atoms with Crippen LogP contribution in [0.3, 0.4) is 0 Å². The highest BCUT2D eigenvalue weighted by Gasteiger charge is 2.41. The van der Waals surface area contributed by atoms with Gasteiger partial charge in [-0.2, -0.15) is 0 Å². The van der Waals surface area contributed by atoms with E-state index in [9.17, 15) is 9.59 Å². The molecule has 2 aliphatic carbocycles. The molecule has 140 valence electrons. The van der Waals surface area contributed by atoms with Crippen molar-refractivity contribution in [2.45, 2.75) is 57.3 Å². The summed E-state index contributed by atoms with van der Waals surface area (Å²) in [6.07, 6.45) is 6.89. The van der Waals surface area contributed by atoms with Gasteiger partial charge in [-0.15, -0.1) is 0 Å². The fourth-order valence-electron chi connectivity index (χ4n) is 5.00. The lowest BCUT2D eigenvalue weighted by Gasteiger charge is -2.36. The Balaban J connectivity index is 1.58. The Morgan fingerprint density at radius 3 is 1.85 bits per heavy atom. The highest BCUT2D eigenvalue weighted by Crippen LogP contribution is 2.47. The topological polar surface area (TPSA) is 46.6 Å². The van der Waals surface area contributed by atoms with Crippen molar-refractivity contribution in [1.29, 1.82) is 0 Å². The maximum atomic E-state index is 12.8. The van der Waals surface area contributed by atoms with Gasteiger partial charge in [0.25, 0.3) is 0 Å². The van der Waals surface area contributed by atoms with Gasteiger partial charge in [-0.3, -0.25) is 9.59 Å². The molecule has 0 amide bonds. The second-order valence-corrected chi connectivity index (χ2v) is 8.05. The fraction of sp³-hybridized carbons (Fsp3) is 0.478. The van der Waals surface area contributed by atoms with Gasteiger partial charge in [0, 0.05) is 61.5 Å². The molecule has 0 saturated carbocycles. The van der Waals surface area contributed by atoms with E-state index in [1.807, 2.05) is 0 Å². The van der Waals surface area contributed by atoms with Crippen LogP contribution < -0.4 is 4.90 Å². The minimum Gasteiger partial charge on any atom is -0.465 e. The van der Waals surface area contributed by atoms with Crippen LogP contribution in [0.5, 0.6) is 0 Å². The van der Waals surface area contributed by atoms with E-state index in [1.165, 1.54) is 18.5 Å². The largest absolute Gasteiger partial charge is 0.465 e. The Bertz CT molecular complexity index is 814. The molecule has 1 saturated heterocycles. The quantitative estimate of drug-likeness (QED) is 0.781. The molecule has 4 nitrogen and oxygen atoms in total. The van der Waals surface area contributed by atoms with Gasteiger partial charge in [-0.25, -0.2) is 0 Å². The molecule has 0 N–H and O–H groups in total. The Labute approximate surface area is 159 Å². The molecule has 2 heterocycles. The normalized spacial score (nSPS) is 23.5. The molecule has 5 rings (SSSR count). The molecule has 1 aromatic rings. The first kappa shape index (κ1) is 16.8. The summed E-state index contributed by atoms with van der Waals surface area (Å²) in [6, 6.07) is 8.53. The van der Waals surface area contributed by atoms with Crippen LogP contribution in [0, 0.1) is 0 Å². The number of anilines is 1. The van der Waals surface area contributed by atoms with E-state index >= 15 is 0 Å². The molecule has 0 unspecified atom stereocenters. The number of benzene rings is 1. The van der Waals surface area contributed by atoms with E-state index in [-0.39, 0.29) is 17.5 Å². The standard InChI is InChI=1S/C23H25NO3/c25-17-5-3-7-19-22(17)21(23-18(26)6-4-8-20(23)27-19)15-9-11-16(12-10-15)24-13-1-2-14-24/h9-12,21H,1-8,13-14H2. The minimum atomic E-state index is -0.239. The van der Waals surface area contributed by atoms with E-state index in [0.717, 1.165) is 67.0 Å². The number of carbonyl (C=O) groups is 2. The summed E-state index contributed by atoms with van der Waals surface area (Å²) in [7, 11) is 0. The zero-order valence-corrected chi connectivity index (χ0v) is 15.6. The smallest absolute Gasteiger partial charge is 0.163 e. The first-order chi connectivity index (χ1) is 13.2. The van der Waals surface area contributed by atoms with Gasteiger partial charge in [0.05, 0.1) is 0 Å². The summed E-state index contributed by atoms with van der Waals surface area (Å²) in [6.45, 7) is 2.22. The van der Waals surface area contributed by atoms with Crippen molar-refractivity contribution < 1.29 is 14.3 Å². The zero-order chi connectivity index (χ0) is 18.4. The van der Waals surface area contributed by atoms with E-state index < -0.39 is 0 Å². The third-order valence-corrected chi connectivity index (χ3v) is 6.34. The highest BCUT2D eigenvalue weighted by molar-refractivity contribution is 6.05. The van der Waals surface area contributed by atoms with Crippen LogP contribution in [-0.2, 0) is 14.3 Å². The third-order valence-electron chi connectivity index (χ3n) is 6.34. The van der Waals surface area contributed by atoms with Crippen molar-refractivity contribution in [2.24, 2.45) is 0 Å². The Kier molecular flexibility index (Phi) is 4.14. The van der Waals surface area contributed by atoms with E-state index in [2.05, 4.69) is 29.2 Å². The lowest BCUT2D eigenvalue weighted by Crippen LogP contribution is -2.30. The molecule has 1 fully saturated rings. The average molecular weight is 363 g/mol.